The van der Waals surface area contributed by atoms with Crippen LogP contribution in [0.1, 0.15) is 93.9 Å². The molecule has 2 N–H and O–H groups in total. The minimum atomic E-state index is -2.22. The Balaban J connectivity index is 2.84. The van der Waals surface area contributed by atoms with Crippen LogP contribution in [0.25, 0.3) is 0 Å². The lowest BCUT2D eigenvalue weighted by molar-refractivity contribution is 0.0361. The molecule has 18 heteroatoms. The first-order valence-electron chi connectivity index (χ1n) is 25.0. The molecule has 0 bridgehead atoms. The number of ether oxygens (including phenoxy) is 2. The van der Waals surface area contributed by atoms with Gasteiger partial charge in [0.05, 0.1) is 26.4 Å². The number of nitrogens with zero attached hydrogens (tertiary/aromatic N) is 2. The van der Waals surface area contributed by atoms with Crippen LogP contribution in [-0.4, -0.2) is 188 Å². The summed E-state index contributed by atoms with van der Waals surface area (Å²) in [5.74, 6) is 0. The molecule has 0 aromatic heterocycles. The van der Waals surface area contributed by atoms with Crippen molar-refractivity contribution in [1.82, 2.24) is 20.4 Å². The molecule has 62 heavy (non-hydrogen) atoms. The molecule has 0 saturated carbocycles. The summed E-state index contributed by atoms with van der Waals surface area (Å²) in [5.41, 5.74) is 0. The van der Waals surface area contributed by atoms with E-state index in [0.29, 0.717) is 64.9 Å². The van der Waals surface area contributed by atoms with Gasteiger partial charge in [0.25, 0.3) is 0 Å². The molecule has 0 aromatic rings. The molecule has 0 radical (unpaired) electrons. The van der Waals surface area contributed by atoms with E-state index in [2.05, 4.69) is 102 Å². The fourth-order valence-corrected chi connectivity index (χ4v) is 18.3. The maximum atomic E-state index is 6.32. The highest BCUT2D eigenvalue weighted by Gasteiger charge is 2.34. The van der Waals surface area contributed by atoms with Gasteiger partial charge in [0.2, 0.25) is 0 Å². The molecule has 14 nitrogen and oxygen atoms in total. The van der Waals surface area contributed by atoms with Gasteiger partial charge in [-0.25, -0.2) is 0 Å². The molecule has 2 unspecified atom stereocenters. The van der Waals surface area contributed by atoms with Crippen molar-refractivity contribution in [3.05, 3.63) is 0 Å². The van der Waals surface area contributed by atoms with Crippen molar-refractivity contribution >= 4 is 34.2 Å². The molecule has 1 heterocycles. The molecule has 0 aliphatic carbocycles. The first kappa shape index (κ1) is 60.3. The molecule has 1 saturated heterocycles. The summed E-state index contributed by atoms with van der Waals surface area (Å²) in [5, 5.41) is 7.85. The summed E-state index contributed by atoms with van der Waals surface area (Å²) in [7, 11) is -8.72. The van der Waals surface area contributed by atoms with Crippen molar-refractivity contribution in [2.75, 3.05) is 132 Å². The van der Waals surface area contributed by atoms with Crippen LogP contribution >= 0.6 is 0 Å². The second kappa shape index (κ2) is 36.4. The van der Waals surface area contributed by atoms with Gasteiger partial charge >= 0.3 is 34.2 Å². The minimum absolute atomic E-state index is 0.367. The van der Waals surface area contributed by atoms with Gasteiger partial charge in [-0.15, -0.1) is 0 Å². The zero-order valence-electron chi connectivity index (χ0n) is 42.3. The molecule has 1 fully saturated rings. The zero-order chi connectivity index (χ0) is 46.0. The average molecular weight is 958 g/mol. The molecule has 1 aliphatic heterocycles. The fourth-order valence-electron chi connectivity index (χ4n) is 8.51. The Hall–Kier alpha value is 0.308. The van der Waals surface area contributed by atoms with E-state index < -0.39 is 34.2 Å². The molecule has 0 spiro atoms. The SMILES string of the molecule is CCO[Si](C)(CCCNC(CCN1CCOCCN(CCC(CC[Si](C)(OCC)OCC)NCCC[Si](C)(OCC)OCC)CCOCC1)CC[Si](C)(OCC)OCC)OCC. The standard InChI is InChI=1S/C44H100N4O10Si4/c1-13-51-59(9,52-14-2)39-21-27-45-43(25-41-61(11,55-17-5)56-18-6)23-29-47-31-35-49-37-33-48(34-38-50-36-32-47)30-24-44(26-42-62(12,57-19-7)58-20-8)46-28-22-40-60(10,53-15-3)54-16-4/h43-46H,13-42H2,1-12H3. The molecule has 372 valence electrons. The Morgan fingerprint density at radius 2 is 0.661 bits per heavy atom. The van der Waals surface area contributed by atoms with Gasteiger partial charge in [0.1, 0.15) is 0 Å². The number of nitrogens with one attached hydrogen (secondary N) is 2. The van der Waals surface area contributed by atoms with Crippen LogP contribution in [0.15, 0.2) is 0 Å². The molecular weight excluding hydrogens is 857 g/mol. The second-order valence-electron chi connectivity index (χ2n) is 17.1. The first-order chi connectivity index (χ1) is 29.8. The van der Waals surface area contributed by atoms with E-state index in [1.54, 1.807) is 0 Å². The van der Waals surface area contributed by atoms with Gasteiger partial charge in [-0.05, 0) is 170 Å². The summed E-state index contributed by atoms with van der Waals surface area (Å²) >= 11 is 0. The van der Waals surface area contributed by atoms with Crippen molar-refractivity contribution in [1.29, 1.82) is 0 Å². The van der Waals surface area contributed by atoms with Crippen LogP contribution in [0.3, 0.4) is 0 Å². The third-order valence-electron chi connectivity index (χ3n) is 11.8. The summed E-state index contributed by atoms with van der Waals surface area (Å²) < 4.78 is 62.0. The lowest BCUT2D eigenvalue weighted by atomic mass is 10.1. The molecule has 1 rings (SSSR count). The van der Waals surface area contributed by atoms with Gasteiger partial charge < -0.3 is 55.5 Å². The van der Waals surface area contributed by atoms with Crippen molar-refractivity contribution in [2.24, 2.45) is 0 Å². The predicted molar refractivity (Wildman–Crippen MR) is 265 cm³/mol. The topological polar surface area (TPSA) is 123 Å². The second-order valence-corrected chi connectivity index (χ2v) is 30.5. The highest BCUT2D eigenvalue weighted by molar-refractivity contribution is 6.67. The normalized spacial score (nSPS) is 17.2. The van der Waals surface area contributed by atoms with Gasteiger partial charge in [-0.1, -0.05) is 0 Å². The maximum Gasteiger partial charge on any atom is 0.334 e. The van der Waals surface area contributed by atoms with Gasteiger partial charge in [0.15, 0.2) is 0 Å². The first-order valence-corrected chi connectivity index (χ1v) is 35.1. The van der Waals surface area contributed by atoms with E-state index in [-0.39, 0.29) is 0 Å². The highest BCUT2D eigenvalue weighted by atomic mass is 28.4. The molecule has 2 atom stereocenters. The third kappa shape index (κ3) is 28.5. The van der Waals surface area contributed by atoms with E-state index >= 15 is 0 Å². The minimum Gasteiger partial charge on any atom is -0.395 e. The van der Waals surface area contributed by atoms with E-state index in [0.717, 1.165) is 141 Å². The smallest absolute Gasteiger partial charge is 0.334 e. The molecule has 0 amide bonds. The number of hydrogen-bond acceptors (Lipinski definition) is 14. The van der Waals surface area contributed by atoms with E-state index in [4.69, 9.17) is 44.9 Å². The largest absolute Gasteiger partial charge is 0.395 e. The lowest BCUT2D eigenvalue weighted by Gasteiger charge is -2.31. The fraction of sp³-hybridized carbons (Fsp3) is 1.00. The van der Waals surface area contributed by atoms with Crippen molar-refractivity contribution in [2.45, 2.75) is 156 Å². The van der Waals surface area contributed by atoms with Crippen molar-refractivity contribution < 1.29 is 44.9 Å². The van der Waals surface area contributed by atoms with Crippen molar-refractivity contribution in [3.8, 4) is 0 Å². The number of hydrogen-bond donors (Lipinski definition) is 2. The van der Waals surface area contributed by atoms with E-state index in [1.807, 2.05) is 0 Å². The zero-order valence-corrected chi connectivity index (χ0v) is 46.3. The van der Waals surface area contributed by atoms with Gasteiger partial charge in [-0.2, -0.15) is 0 Å². The van der Waals surface area contributed by atoms with Crippen LogP contribution in [0.2, 0.25) is 50.4 Å². The summed E-state index contributed by atoms with van der Waals surface area (Å²) in [6.07, 6.45) is 6.24. The molecular formula is C44H100N4O10Si4. The quantitative estimate of drug-likeness (QED) is 0.0470. The third-order valence-corrected chi connectivity index (χ3v) is 23.9. The van der Waals surface area contributed by atoms with E-state index in [1.165, 1.54) is 0 Å². The van der Waals surface area contributed by atoms with Gasteiger partial charge in [-0.3, -0.25) is 9.80 Å². The highest BCUT2D eigenvalue weighted by Crippen LogP contribution is 2.22. The van der Waals surface area contributed by atoms with Crippen LogP contribution in [0.5, 0.6) is 0 Å². The van der Waals surface area contributed by atoms with Gasteiger partial charge in [0, 0.05) is 91.1 Å². The van der Waals surface area contributed by atoms with E-state index in [9.17, 15) is 0 Å². The predicted octanol–water partition coefficient (Wildman–Crippen LogP) is 7.47. The number of rotatable bonds is 38. The Labute approximate surface area is 386 Å². The molecule has 1 aliphatic rings. The lowest BCUT2D eigenvalue weighted by Crippen LogP contribution is -2.43. The summed E-state index contributed by atoms with van der Waals surface area (Å²) in [6.45, 7) is 41.3. The van der Waals surface area contributed by atoms with Crippen LogP contribution in [0, 0.1) is 0 Å². The maximum absolute atomic E-state index is 6.32. The summed E-state index contributed by atoms with van der Waals surface area (Å²) in [4.78, 5) is 5.05. The summed E-state index contributed by atoms with van der Waals surface area (Å²) in [6, 6.07) is 4.66. The van der Waals surface area contributed by atoms with Crippen LogP contribution < -0.4 is 10.6 Å². The average Bonchev–Trinajstić information content (AvgIpc) is 3.21. The molecule has 0 aromatic carbocycles. The Morgan fingerprint density at radius 1 is 0.403 bits per heavy atom. The Kier molecular flexibility index (Phi) is 35.4. The van der Waals surface area contributed by atoms with Crippen LogP contribution in [-0.2, 0) is 44.9 Å². The Morgan fingerprint density at radius 3 is 0.919 bits per heavy atom. The van der Waals surface area contributed by atoms with Crippen molar-refractivity contribution in [3.63, 3.8) is 0 Å². The van der Waals surface area contributed by atoms with Crippen LogP contribution in [0.4, 0.5) is 0 Å². The Bertz CT molecular complexity index is 938. The monoisotopic (exact) mass is 957 g/mol.